The average Bonchev–Trinajstić information content (AvgIpc) is 2.99. The van der Waals surface area contributed by atoms with Crippen molar-refractivity contribution in [3.63, 3.8) is 0 Å². The Balaban J connectivity index is 1.36. The first-order chi connectivity index (χ1) is 14.8. The van der Waals surface area contributed by atoms with Gasteiger partial charge in [-0.1, -0.05) is 0 Å². The molecule has 1 unspecified atom stereocenters. The third-order valence-corrected chi connectivity index (χ3v) is 6.02. The van der Waals surface area contributed by atoms with Gasteiger partial charge in [0.2, 0.25) is 11.8 Å². The van der Waals surface area contributed by atoms with E-state index in [1.807, 2.05) is 0 Å². The van der Waals surface area contributed by atoms with Crippen molar-refractivity contribution in [1.82, 2.24) is 15.1 Å². The number of rotatable bonds is 6. The van der Waals surface area contributed by atoms with Crippen LogP contribution in [0.1, 0.15) is 46.4 Å². The van der Waals surface area contributed by atoms with Gasteiger partial charge >= 0.3 is 5.97 Å². The number of carbonyl (C=O) groups excluding carboxylic acids is 4. The Labute approximate surface area is 178 Å². The van der Waals surface area contributed by atoms with Crippen LogP contribution in [0.2, 0.25) is 0 Å². The zero-order valence-corrected chi connectivity index (χ0v) is 16.8. The van der Waals surface area contributed by atoms with Gasteiger partial charge in [0.15, 0.2) is 0 Å². The highest BCUT2D eigenvalue weighted by molar-refractivity contribution is 6.23. The van der Waals surface area contributed by atoms with Gasteiger partial charge in [-0.25, -0.2) is 0 Å². The van der Waals surface area contributed by atoms with Gasteiger partial charge in [-0.05, 0) is 50.6 Å². The van der Waals surface area contributed by atoms with Crippen LogP contribution in [0.5, 0.6) is 5.75 Å². The topological polar surface area (TPSA) is 133 Å². The molecule has 2 N–H and O–H groups in total. The summed E-state index contributed by atoms with van der Waals surface area (Å²) in [5, 5.41) is 11.2. The Morgan fingerprint density at radius 3 is 2.45 bits per heavy atom. The average molecular weight is 429 g/mol. The quantitative estimate of drug-likeness (QED) is 0.616. The predicted molar refractivity (Wildman–Crippen MR) is 105 cm³/mol. The van der Waals surface area contributed by atoms with Gasteiger partial charge in [0.05, 0.1) is 17.0 Å². The highest BCUT2D eigenvalue weighted by atomic mass is 16.5. The molecule has 0 bridgehead atoms. The maximum absolute atomic E-state index is 12.8. The molecule has 2 saturated heterocycles. The molecule has 4 rings (SSSR count). The van der Waals surface area contributed by atoms with Crippen molar-refractivity contribution in [1.29, 1.82) is 0 Å². The number of hydrogen-bond donors (Lipinski definition) is 2. The maximum Gasteiger partial charge on any atom is 0.306 e. The number of benzene rings is 1. The molecule has 0 aliphatic carbocycles. The fourth-order valence-electron chi connectivity index (χ4n) is 4.24. The van der Waals surface area contributed by atoms with Gasteiger partial charge in [-0.2, -0.15) is 0 Å². The van der Waals surface area contributed by atoms with Crippen molar-refractivity contribution >= 4 is 29.6 Å². The molecule has 1 aromatic carbocycles. The molecule has 10 heteroatoms. The molecule has 2 fully saturated rings. The summed E-state index contributed by atoms with van der Waals surface area (Å²) in [4.78, 5) is 63.1. The second-order valence-corrected chi connectivity index (χ2v) is 7.96. The molecule has 3 aliphatic heterocycles. The molecule has 0 radical (unpaired) electrons. The number of carboxylic acid groups (broad SMARTS) is 1. The second kappa shape index (κ2) is 8.46. The second-order valence-electron chi connectivity index (χ2n) is 7.96. The van der Waals surface area contributed by atoms with E-state index in [0.717, 1.165) is 4.90 Å². The molecule has 31 heavy (non-hydrogen) atoms. The van der Waals surface area contributed by atoms with Crippen molar-refractivity contribution in [2.45, 2.75) is 31.7 Å². The van der Waals surface area contributed by atoms with Crippen LogP contribution in [-0.2, 0) is 14.4 Å². The number of nitrogens with zero attached hydrogens (tertiary/aromatic N) is 2. The lowest BCUT2D eigenvalue weighted by Gasteiger charge is -2.29. The van der Waals surface area contributed by atoms with E-state index < -0.39 is 35.6 Å². The predicted octanol–water partition coefficient (Wildman–Crippen LogP) is 0.263. The van der Waals surface area contributed by atoms with Crippen LogP contribution >= 0.6 is 0 Å². The fraction of sp³-hybridized carbons (Fsp3) is 0.476. The molecular formula is C21H23N3O7. The number of carboxylic acids is 1. The lowest BCUT2D eigenvalue weighted by molar-refractivity contribution is -0.143. The number of fused-ring (bicyclic) bond motifs is 1. The van der Waals surface area contributed by atoms with Crippen molar-refractivity contribution in [2.24, 2.45) is 5.92 Å². The third kappa shape index (κ3) is 4.15. The largest absolute Gasteiger partial charge is 0.492 e. The van der Waals surface area contributed by atoms with Gasteiger partial charge < -0.3 is 9.84 Å². The standard InChI is InChI=1S/C21H23N3O7/c25-17-4-3-16(18(26)22-17)24-19(27)14-2-1-13(11-15(14)20(24)28)31-10-9-23-7-5-12(6-8-23)21(29)30/h1-2,11-12,16H,3-10H2,(H,29,30)(H,22,25,26). The molecule has 1 aromatic rings. The lowest BCUT2D eigenvalue weighted by Crippen LogP contribution is -2.54. The third-order valence-electron chi connectivity index (χ3n) is 6.02. The number of amides is 4. The number of carbonyl (C=O) groups is 5. The van der Waals surface area contributed by atoms with E-state index in [1.54, 1.807) is 6.07 Å². The highest BCUT2D eigenvalue weighted by Crippen LogP contribution is 2.30. The number of hydrogen-bond acceptors (Lipinski definition) is 7. The monoisotopic (exact) mass is 429 g/mol. The molecule has 164 valence electrons. The summed E-state index contributed by atoms with van der Waals surface area (Å²) in [6.45, 7) is 2.37. The Morgan fingerprint density at radius 2 is 1.77 bits per heavy atom. The van der Waals surface area contributed by atoms with E-state index in [9.17, 15) is 24.0 Å². The van der Waals surface area contributed by atoms with Crippen LogP contribution in [-0.4, -0.2) is 76.8 Å². The Kier molecular flexibility index (Phi) is 5.73. The summed E-state index contributed by atoms with van der Waals surface area (Å²) >= 11 is 0. The zero-order chi connectivity index (χ0) is 22.1. The smallest absolute Gasteiger partial charge is 0.306 e. The number of imide groups is 2. The minimum atomic E-state index is -0.997. The van der Waals surface area contributed by atoms with Crippen LogP contribution in [0.15, 0.2) is 18.2 Å². The summed E-state index contributed by atoms with van der Waals surface area (Å²) in [5.74, 6) is -2.79. The molecule has 4 amide bonds. The van der Waals surface area contributed by atoms with Crippen LogP contribution in [0.4, 0.5) is 0 Å². The first kappa shape index (κ1) is 21.0. The van der Waals surface area contributed by atoms with Crippen LogP contribution in [0, 0.1) is 5.92 Å². The molecule has 3 aliphatic rings. The fourth-order valence-corrected chi connectivity index (χ4v) is 4.24. The summed E-state index contributed by atoms with van der Waals surface area (Å²) < 4.78 is 5.74. The van der Waals surface area contributed by atoms with E-state index in [-0.39, 0.29) is 29.9 Å². The molecule has 10 nitrogen and oxygen atoms in total. The number of nitrogens with one attached hydrogen (secondary N) is 1. The van der Waals surface area contributed by atoms with Crippen molar-refractivity contribution in [2.75, 3.05) is 26.2 Å². The maximum atomic E-state index is 12.8. The summed E-state index contributed by atoms with van der Waals surface area (Å²) in [6, 6.07) is 3.62. The summed E-state index contributed by atoms with van der Waals surface area (Å²) in [7, 11) is 0. The number of likely N-dealkylation sites (tertiary alicyclic amines) is 1. The Morgan fingerprint density at radius 1 is 1.06 bits per heavy atom. The van der Waals surface area contributed by atoms with Crippen molar-refractivity contribution in [3.05, 3.63) is 29.3 Å². The lowest BCUT2D eigenvalue weighted by atomic mass is 9.97. The molecule has 3 heterocycles. The molecule has 1 atom stereocenters. The SMILES string of the molecule is O=C1CCC(N2C(=O)c3ccc(OCCN4CCC(C(=O)O)CC4)cc3C2=O)C(=O)N1. The van der Waals surface area contributed by atoms with Gasteiger partial charge in [-0.3, -0.25) is 39.1 Å². The first-order valence-corrected chi connectivity index (χ1v) is 10.3. The Bertz CT molecular complexity index is 952. The summed E-state index contributed by atoms with van der Waals surface area (Å²) in [5.41, 5.74) is 0.382. The summed E-state index contributed by atoms with van der Waals surface area (Å²) in [6.07, 6.45) is 1.40. The van der Waals surface area contributed by atoms with E-state index >= 15 is 0 Å². The van der Waals surface area contributed by atoms with E-state index in [4.69, 9.17) is 9.84 Å². The van der Waals surface area contributed by atoms with Gasteiger partial charge in [0.25, 0.3) is 11.8 Å². The minimum Gasteiger partial charge on any atom is -0.492 e. The van der Waals surface area contributed by atoms with Gasteiger partial charge in [-0.15, -0.1) is 0 Å². The molecule has 0 saturated carbocycles. The van der Waals surface area contributed by atoms with E-state index in [1.165, 1.54) is 12.1 Å². The zero-order valence-electron chi connectivity index (χ0n) is 16.8. The van der Waals surface area contributed by atoms with Crippen molar-refractivity contribution < 1.29 is 33.8 Å². The van der Waals surface area contributed by atoms with Crippen LogP contribution in [0.25, 0.3) is 0 Å². The number of aliphatic carboxylic acids is 1. The van der Waals surface area contributed by atoms with Crippen LogP contribution < -0.4 is 10.1 Å². The highest BCUT2D eigenvalue weighted by Gasteiger charge is 2.44. The minimum absolute atomic E-state index is 0.0713. The van der Waals surface area contributed by atoms with Crippen LogP contribution in [0.3, 0.4) is 0 Å². The number of piperidine rings is 2. The molecule has 0 aromatic heterocycles. The normalized spacial score (nSPS) is 22.5. The van der Waals surface area contributed by atoms with Crippen molar-refractivity contribution in [3.8, 4) is 5.75 Å². The van der Waals surface area contributed by atoms with E-state index in [2.05, 4.69) is 10.2 Å². The molecular weight excluding hydrogens is 406 g/mol. The molecule has 0 spiro atoms. The Hall–Kier alpha value is -3.27. The number of ether oxygens (including phenoxy) is 1. The van der Waals surface area contributed by atoms with Gasteiger partial charge in [0, 0.05) is 13.0 Å². The first-order valence-electron chi connectivity index (χ1n) is 10.3. The van der Waals surface area contributed by atoms with E-state index in [0.29, 0.717) is 44.8 Å². The van der Waals surface area contributed by atoms with Gasteiger partial charge in [0.1, 0.15) is 18.4 Å².